The van der Waals surface area contributed by atoms with Gasteiger partial charge in [0.2, 0.25) is 23.0 Å². The van der Waals surface area contributed by atoms with Gasteiger partial charge in [-0.05, 0) is 145 Å². The standard InChI is InChI=1S/C37H44F6N4O7.C35H40F6N4O7/c1-10-13-19-24(12-3)51-28-25(36(38,39)40)21-26(47(31(48)53-33(4,5)6)32(49)54-34(7,8)9)27(44-28)29-45-46-30(52-29)35(20-11-2,37(41,42)43)50-22-23-17-15-14-16-18-23;1-8-22-17-13-10-14-18-33(35(39,40)41,48-20-21-15-11-9-12-16-21)28-44-43-27(50-28)25-24(19-23(34(36,37)38)26(42-25)49-22)45(29(46)51-31(2,3)4)30(47)52-32(5,6)7/h10-11,14-18,21,24H,1-2,12-13,19-20,22H2,3-9H3;9-12,14-16,19,22H,8,13,17-18,20H2,1-7H3/t24?,35-;22?,33-/m11/s1. The molecule has 580 valence electrons. The van der Waals surface area contributed by atoms with Crippen LogP contribution in [0.15, 0.2) is 119 Å². The normalized spacial score (nSPS) is 16.3. The lowest BCUT2D eigenvalue weighted by Crippen LogP contribution is -2.45. The minimum atomic E-state index is -5.22. The topological polar surface area (TPSA) is 252 Å². The first-order valence-electron chi connectivity index (χ1n) is 33.1. The summed E-state index contributed by atoms with van der Waals surface area (Å²) in [6, 6.07) is 16.6. The molecule has 34 heteroatoms. The summed E-state index contributed by atoms with van der Waals surface area (Å²) in [5, 5.41) is 14.7. The zero-order valence-electron chi connectivity index (χ0n) is 60.7. The van der Waals surface area contributed by atoms with Crippen LogP contribution in [0.4, 0.5) is 83.2 Å². The number of fused-ring (bicyclic) bond motifs is 5. The van der Waals surface area contributed by atoms with Crippen LogP contribution in [0, 0.1) is 0 Å². The second kappa shape index (κ2) is 33.9. The van der Waals surface area contributed by atoms with E-state index in [9.17, 15) is 45.5 Å². The lowest BCUT2D eigenvalue weighted by molar-refractivity contribution is -0.296. The van der Waals surface area contributed by atoms with Crippen LogP contribution in [0.2, 0.25) is 0 Å². The Balaban J connectivity index is 0.000000332. The molecule has 0 aliphatic carbocycles. The number of pyridine rings is 2. The van der Waals surface area contributed by atoms with Crippen LogP contribution in [-0.4, -0.2) is 102 Å². The van der Waals surface area contributed by atoms with E-state index < -0.39 is 190 Å². The first-order valence-corrected chi connectivity index (χ1v) is 33.1. The van der Waals surface area contributed by atoms with E-state index >= 15 is 26.3 Å². The molecule has 0 saturated carbocycles. The first kappa shape index (κ1) is 85.3. The van der Waals surface area contributed by atoms with E-state index in [-0.39, 0.29) is 41.9 Å². The number of rotatable bonds is 19. The molecule has 2 aromatic carbocycles. The lowest BCUT2D eigenvalue weighted by atomic mass is 9.97. The van der Waals surface area contributed by atoms with Gasteiger partial charge in [-0.15, -0.1) is 33.6 Å². The average molecular weight is 1510 g/mol. The summed E-state index contributed by atoms with van der Waals surface area (Å²) in [7, 11) is 0. The molecular weight excluding hydrogens is 1430 g/mol. The molecule has 106 heavy (non-hydrogen) atoms. The fraction of sp³-hybridized carbons (Fsp3) is 0.500. The molecule has 0 fully saturated rings. The molecule has 7 rings (SSSR count). The van der Waals surface area contributed by atoms with Crippen molar-refractivity contribution in [1.82, 2.24) is 30.4 Å². The maximum atomic E-state index is 15.2. The van der Waals surface area contributed by atoms with Crippen molar-refractivity contribution in [1.29, 1.82) is 0 Å². The van der Waals surface area contributed by atoms with Gasteiger partial charge in [0.1, 0.15) is 45.7 Å². The predicted octanol–water partition coefficient (Wildman–Crippen LogP) is 20.2. The van der Waals surface area contributed by atoms with Gasteiger partial charge in [0.05, 0.1) is 24.6 Å². The fourth-order valence-corrected chi connectivity index (χ4v) is 9.73. The van der Waals surface area contributed by atoms with Crippen LogP contribution >= 0.6 is 0 Å². The number of halogens is 12. The molecular formula is C72H84F12N8O14. The number of alkyl halides is 12. The Kier molecular flexibility index (Phi) is 27.3. The smallest absolute Gasteiger partial charge is 0.426 e. The maximum absolute atomic E-state index is 15.2. The highest BCUT2D eigenvalue weighted by Crippen LogP contribution is 2.51. The van der Waals surface area contributed by atoms with E-state index in [4.69, 9.17) is 46.7 Å². The van der Waals surface area contributed by atoms with Crippen molar-refractivity contribution in [2.75, 3.05) is 9.80 Å². The second-order valence-electron chi connectivity index (χ2n) is 27.9. The molecule has 4 amide bonds. The van der Waals surface area contributed by atoms with Crippen LogP contribution in [-0.2, 0) is 65.2 Å². The van der Waals surface area contributed by atoms with Gasteiger partial charge in [0.15, 0.2) is 11.4 Å². The van der Waals surface area contributed by atoms with Crippen molar-refractivity contribution in [3.05, 3.63) is 144 Å². The first-order chi connectivity index (χ1) is 49.0. The highest BCUT2D eigenvalue weighted by Gasteiger charge is 2.62. The van der Waals surface area contributed by atoms with Gasteiger partial charge >= 0.3 is 49.1 Å². The van der Waals surface area contributed by atoms with E-state index in [2.05, 4.69) is 43.5 Å². The summed E-state index contributed by atoms with van der Waals surface area (Å²) in [5.41, 5.74) is -17.6. The molecule has 1 aliphatic heterocycles. The third kappa shape index (κ3) is 22.5. The van der Waals surface area contributed by atoms with Crippen LogP contribution < -0.4 is 19.3 Å². The molecule has 4 atom stereocenters. The maximum Gasteiger partial charge on any atom is 0.426 e. The highest BCUT2D eigenvalue weighted by molar-refractivity contribution is 6.12. The summed E-state index contributed by atoms with van der Waals surface area (Å²) < 4.78 is 234. The van der Waals surface area contributed by atoms with Crippen LogP contribution in [0.3, 0.4) is 0 Å². The van der Waals surface area contributed by atoms with Crippen molar-refractivity contribution < 1.29 is 119 Å². The van der Waals surface area contributed by atoms with Gasteiger partial charge < -0.3 is 46.7 Å². The minimum absolute atomic E-state index is 0.0906. The zero-order valence-corrected chi connectivity index (χ0v) is 60.7. The summed E-state index contributed by atoms with van der Waals surface area (Å²) in [4.78, 5) is 62.8. The van der Waals surface area contributed by atoms with Crippen molar-refractivity contribution in [2.24, 2.45) is 0 Å². The molecule has 4 aromatic heterocycles. The van der Waals surface area contributed by atoms with Crippen LogP contribution in [0.25, 0.3) is 23.2 Å². The van der Waals surface area contributed by atoms with Crippen molar-refractivity contribution in [3.8, 4) is 34.9 Å². The van der Waals surface area contributed by atoms with Crippen molar-refractivity contribution in [3.63, 3.8) is 0 Å². The van der Waals surface area contributed by atoms with Gasteiger partial charge in [-0.3, -0.25) is 0 Å². The summed E-state index contributed by atoms with van der Waals surface area (Å²) in [6.45, 7) is 26.4. The highest BCUT2D eigenvalue weighted by atomic mass is 19.4. The molecule has 2 unspecified atom stereocenters. The van der Waals surface area contributed by atoms with Crippen molar-refractivity contribution >= 4 is 35.7 Å². The fourth-order valence-electron chi connectivity index (χ4n) is 9.73. The van der Waals surface area contributed by atoms with E-state index in [1.165, 1.54) is 113 Å². The number of carbonyl (C=O) groups is 4. The number of nitrogens with zero attached hydrogens (tertiary/aromatic N) is 8. The Hall–Kier alpha value is -9.60. The van der Waals surface area contributed by atoms with E-state index in [0.29, 0.717) is 29.7 Å². The molecule has 22 nitrogen and oxygen atoms in total. The summed E-state index contributed by atoms with van der Waals surface area (Å²) in [5.74, 6) is -6.17. The Morgan fingerprint density at radius 3 is 1.52 bits per heavy atom. The van der Waals surface area contributed by atoms with E-state index in [1.807, 2.05) is 0 Å². The number of allylic oxidation sites excluding steroid dienone is 2. The molecule has 6 aromatic rings. The monoisotopic (exact) mass is 1510 g/mol. The number of aromatic nitrogens is 6. The number of imide groups is 2. The van der Waals surface area contributed by atoms with Crippen molar-refractivity contribution in [2.45, 2.75) is 232 Å². The number of hydrogen-bond donors (Lipinski definition) is 0. The minimum Gasteiger partial charge on any atom is -0.474 e. The Labute approximate surface area is 603 Å². The molecule has 0 saturated heterocycles. The number of carbonyl (C=O) groups excluding carboxylic acids is 4. The Morgan fingerprint density at radius 1 is 0.604 bits per heavy atom. The third-order valence-corrected chi connectivity index (χ3v) is 14.7. The van der Waals surface area contributed by atoms with Crippen LogP contribution in [0.5, 0.6) is 11.8 Å². The molecule has 0 N–H and O–H groups in total. The Bertz CT molecular complexity index is 3970. The number of anilines is 2. The second-order valence-corrected chi connectivity index (χ2v) is 27.9. The Morgan fingerprint density at radius 2 is 1.08 bits per heavy atom. The number of amides is 4. The van der Waals surface area contributed by atoms with Gasteiger partial charge in [-0.2, -0.15) is 62.5 Å². The van der Waals surface area contributed by atoms with Gasteiger partial charge in [0, 0.05) is 12.8 Å². The average Bonchev–Trinajstić information content (AvgIpc) is 1.40. The summed E-state index contributed by atoms with van der Waals surface area (Å²) >= 11 is 0. The number of benzene rings is 2. The van der Waals surface area contributed by atoms with E-state index in [0.717, 1.165) is 6.08 Å². The molecule has 0 spiro atoms. The lowest BCUT2D eigenvalue weighted by Gasteiger charge is -2.32. The number of hydrogen-bond acceptors (Lipinski definition) is 20. The molecule has 4 bridgehead atoms. The molecule has 5 heterocycles. The van der Waals surface area contributed by atoms with Gasteiger partial charge in [-0.1, -0.05) is 98.8 Å². The van der Waals surface area contributed by atoms with Crippen LogP contribution in [0.1, 0.15) is 182 Å². The largest absolute Gasteiger partial charge is 0.474 e. The van der Waals surface area contributed by atoms with Gasteiger partial charge in [-0.25, -0.2) is 29.1 Å². The molecule has 0 radical (unpaired) electrons. The zero-order chi connectivity index (χ0) is 79.4. The molecule has 1 aliphatic rings. The SMILES string of the molecule is C=CCCC(CC)Oc1nc(-c2nnc([C@@](CC=C)(OCc3ccccc3)C(F)(F)F)o2)c(N(C(=O)OC(C)(C)C)C(=O)OC(C)(C)C)cc1C(F)(F)F.CCC1CCC=CC[C@](OCc2ccccc2)(C(F)(F)F)c2nnc(o2)-c2nc(c(C(F)(F)F)cc2N(C(=O)OC(C)(C)C)C(=O)OC(C)(C)C)O1. The van der Waals surface area contributed by atoms with Gasteiger partial charge in [0.25, 0.3) is 23.6 Å². The van der Waals surface area contributed by atoms with E-state index in [1.54, 1.807) is 62.4 Å². The summed E-state index contributed by atoms with van der Waals surface area (Å²) in [6.07, 6.45) is -24.1. The predicted molar refractivity (Wildman–Crippen MR) is 360 cm³/mol. The third-order valence-electron chi connectivity index (χ3n) is 14.7. The number of ether oxygens (including phenoxy) is 8. The quantitative estimate of drug-likeness (QED) is 0.0415.